The fraction of sp³-hybridized carbons (Fsp3) is 0.250. The molecule has 0 aliphatic rings. The predicted octanol–water partition coefficient (Wildman–Crippen LogP) is 3.83. The van der Waals surface area contributed by atoms with Crippen LogP contribution in [0.25, 0.3) is 0 Å². The Morgan fingerprint density at radius 3 is 2.38 bits per heavy atom. The summed E-state index contributed by atoms with van der Waals surface area (Å²) in [5.74, 6) is -0.261. The summed E-state index contributed by atoms with van der Waals surface area (Å²) in [6.45, 7) is 5.55. The minimum absolute atomic E-state index is 0.122. The highest BCUT2D eigenvalue weighted by atomic mass is 32.1. The molecule has 1 aromatic heterocycles. The fourth-order valence-electron chi connectivity index (χ4n) is 2.05. The molecule has 0 spiro atoms. The highest BCUT2D eigenvalue weighted by Crippen LogP contribution is 2.23. The third-order valence-electron chi connectivity index (χ3n) is 3.07. The molecule has 0 aliphatic carbocycles. The van der Waals surface area contributed by atoms with E-state index in [1.165, 1.54) is 28.7 Å². The molecular weight excluding hydrogens is 284 g/mol. The number of hydrogen-bond donors (Lipinski definition) is 2. The van der Waals surface area contributed by atoms with Crippen molar-refractivity contribution in [3.8, 4) is 0 Å². The first kappa shape index (κ1) is 15.3. The molecule has 1 heterocycles. The molecule has 0 aliphatic heterocycles. The largest absolute Gasteiger partial charge is 0.326 e. The maximum absolute atomic E-state index is 12.2. The Labute approximate surface area is 128 Å². The number of anilines is 2. The average Bonchev–Trinajstić information content (AvgIpc) is 2.79. The number of aryl methyl sites for hydroxylation is 2. The van der Waals surface area contributed by atoms with Crippen LogP contribution in [0.1, 0.15) is 34.0 Å². The van der Waals surface area contributed by atoms with E-state index in [1.54, 1.807) is 24.3 Å². The van der Waals surface area contributed by atoms with Crippen LogP contribution in [0.15, 0.2) is 30.3 Å². The number of hydrogen-bond acceptors (Lipinski definition) is 3. The molecule has 110 valence electrons. The van der Waals surface area contributed by atoms with E-state index in [9.17, 15) is 9.59 Å². The summed E-state index contributed by atoms with van der Waals surface area (Å²) in [4.78, 5) is 25.2. The standard InChI is InChI=1S/C16H18N2O2S/c1-4-12-8-15(21-10(12)2)16(20)18-14-7-5-6-13(9-14)17-11(3)19/h5-9H,4H2,1-3H3,(H,17,19)(H,18,20). The summed E-state index contributed by atoms with van der Waals surface area (Å²) in [5, 5.41) is 5.55. The lowest BCUT2D eigenvalue weighted by atomic mass is 10.2. The van der Waals surface area contributed by atoms with Crippen molar-refractivity contribution in [1.82, 2.24) is 0 Å². The van der Waals surface area contributed by atoms with Crippen molar-refractivity contribution in [2.45, 2.75) is 27.2 Å². The van der Waals surface area contributed by atoms with Crippen molar-refractivity contribution in [2.24, 2.45) is 0 Å². The van der Waals surface area contributed by atoms with Crippen LogP contribution in [0.4, 0.5) is 11.4 Å². The molecule has 1 aromatic carbocycles. The van der Waals surface area contributed by atoms with E-state index < -0.39 is 0 Å². The van der Waals surface area contributed by atoms with Gasteiger partial charge in [0.2, 0.25) is 5.91 Å². The van der Waals surface area contributed by atoms with Gasteiger partial charge in [-0.25, -0.2) is 0 Å². The second-order valence-electron chi connectivity index (χ2n) is 4.76. The van der Waals surface area contributed by atoms with E-state index in [4.69, 9.17) is 0 Å². The fourth-order valence-corrected chi connectivity index (χ4v) is 3.06. The van der Waals surface area contributed by atoms with Crippen LogP contribution in [0.5, 0.6) is 0 Å². The quantitative estimate of drug-likeness (QED) is 0.901. The molecule has 0 bridgehead atoms. The molecule has 0 radical (unpaired) electrons. The van der Waals surface area contributed by atoms with Crippen LogP contribution >= 0.6 is 11.3 Å². The second kappa shape index (κ2) is 6.54. The van der Waals surface area contributed by atoms with Crippen LogP contribution < -0.4 is 10.6 Å². The van der Waals surface area contributed by atoms with Gasteiger partial charge in [0.15, 0.2) is 0 Å². The predicted molar refractivity (Wildman–Crippen MR) is 87.1 cm³/mol. The van der Waals surface area contributed by atoms with Gasteiger partial charge in [0.05, 0.1) is 4.88 Å². The van der Waals surface area contributed by atoms with Crippen LogP contribution in [0, 0.1) is 6.92 Å². The summed E-state index contributed by atoms with van der Waals surface area (Å²) >= 11 is 1.50. The van der Waals surface area contributed by atoms with Crippen LogP contribution in [-0.4, -0.2) is 11.8 Å². The van der Waals surface area contributed by atoms with E-state index in [0.717, 1.165) is 6.42 Å². The summed E-state index contributed by atoms with van der Waals surface area (Å²) < 4.78 is 0. The lowest BCUT2D eigenvalue weighted by Crippen LogP contribution is -2.11. The van der Waals surface area contributed by atoms with Crippen molar-refractivity contribution in [3.05, 3.63) is 45.6 Å². The van der Waals surface area contributed by atoms with E-state index >= 15 is 0 Å². The van der Waals surface area contributed by atoms with E-state index in [0.29, 0.717) is 16.3 Å². The van der Waals surface area contributed by atoms with Gasteiger partial charge in [0.25, 0.3) is 5.91 Å². The molecule has 0 saturated carbocycles. The number of rotatable bonds is 4. The summed E-state index contributed by atoms with van der Waals surface area (Å²) in [5.41, 5.74) is 2.53. The number of thiophene rings is 1. The third kappa shape index (κ3) is 3.92. The Kier molecular flexibility index (Phi) is 4.75. The zero-order chi connectivity index (χ0) is 15.4. The Morgan fingerprint density at radius 1 is 1.14 bits per heavy atom. The molecule has 5 heteroatoms. The maximum Gasteiger partial charge on any atom is 0.265 e. The zero-order valence-electron chi connectivity index (χ0n) is 12.3. The van der Waals surface area contributed by atoms with Gasteiger partial charge < -0.3 is 10.6 Å². The van der Waals surface area contributed by atoms with Gasteiger partial charge in [0.1, 0.15) is 0 Å². The molecule has 0 saturated heterocycles. The highest BCUT2D eigenvalue weighted by Gasteiger charge is 2.12. The average molecular weight is 302 g/mol. The minimum Gasteiger partial charge on any atom is -0.326 e. The molecular formula is C16H18N2O2S. The van der Waals surface area contributed by atoms with Crippen molar-refractivity contribution in [2.75, 3.05) is 10.6 Å². The Balaban J connectivity index is 2.13. The Morgan fingerprint density at radius 2 is 1.81 bits per heavy atom. The molecule has 0 fully saturated rings. The first-order valence-electron chi connectivity index (χ1n) is 6.78. The molecule has 2 N–H and O–H groups in total. The van der Waals surface area contributed by atoms with Crippen molar-refractivity contribution in [3.63, 3.8) is 0 Å². The second-order valence-corrected chi connectivity index (χ2v) is 6.02. The normalized spacial score (nSPS) is 10.2. The van der Waals surface area contributed by atoms with Gasteiger partial charge in [-0.2, -0.15) is 0 Å². The van der Waals surface area contributed by atoms with Gasteiger partial charge in [-0.1, -0.05) is 13.0 Å². The molecule has 2 amide bonds. The molecule has 21 heavy (non-hydrogen) atoms. The van der Waals surface area contributed by atoms with Crippen molar-refractivity contribution < 1.29 is 9.59 Å². The Hall–Kier alpha value is -2.14. The topological polar surface area (TPSA) is 58.2 Å². The van der Waals surface area contributed by atoms with Crippen LogP contribution in [0.3, 0.4) is 0 Å². The number of benzene rings is 1. The van der Waals surface area contributed by atoms with Crippen LogP contribution in [-0.2, 0) is 11.2 Å². The maximum atomic E-state index is 12.2. The lowest BCUT2D eigenvalue weighted by Gasteiger charge is -2.06. The van der Waals surface area contributed by atoms with Crippen molar-refractivity contribution in [1.29, 1.82) is 0 Å². The molecule has 2 aromatic rings. The molecule has 4 nitrogen and oxygen atoms in total. The minimum atomic E-state index is -0.139. The number of carbonyl (C=O) groups is 2. The molecule has 2 rings (SSSR count). The monoisotopic (exact) mass is 302 g/mol. The van der Waals surface area contributed by atoms with Gasteiger partial charge in [0, 0.05) is 23.2 Å². The highest BCUT2D eigenvalue weighted by molar-refractivity contribution is 7.14. The number of carbonyl (C=O) groups excluding carboxylic acids is 2. The van der Waals surface area contributed by atoms with Gasteiger partial charge in [-0.05, 0) is 43.2 Å². The van der Waals surface area contributed by atoms with E-state index in [1.807, 2.05) is 13.0 Å². The summed E-state index contributed by atoms with van der Waals surface area (Å²) in [6.07, 6.45) is 0.924. The number of nitrogens with one attached hydrogen (secondary N) is 2. The summed E-state index contributed by atoms with van der Waals surface area (Å²) in [7, 11) is 0. The Bertz CT molecular complexity index is 677. The third-order valence-corrected chi connectivity index (χ3v) is 4.16. The summed E-state index contributed by atoms with van der Waals surface area (Å²) in [6, 6.07) is 9.04. The lowest BCUT2D eigenvalue weighted by molar-refractivity contribution is -0.114. The first-order chi connectivity index (χ1) is 9.99. The first-order valence-corrected chi connectivity index (χ1v) is 7.59. The SMILES string of the molecule is CCc1cc(C(=O)Nc2cccc(NC(C)=O)c2)sc1C. The van der Waals surface area contributed by atoms with Gasteiger partial charge in [-0.15, -0.1) is 11.3 Å². The zero-order valence-corrected chi connectivity index (χ0v) is 13.1. The van der Waals surface area contributed by atoms with E-state index in [2.05, 4.69) is 17.6 Å². The molecule has 0 atom stereocenters. The number of amides is 2. The van der Waals surface area contributed by atoms with E-state index in [-0.39, 0.29) is 11.8 Å². The smallest absolute Gasteiger partial charge is 0.265 e. The molecule has 0 unspecified atom stereocenters. The van der Waals surface area contributed by atoms with Crippen LogP contribution in [0.2, 0.25) is 0 Å². The van der Waals surface area contributed by atoms with Gasteiger partial charge >= 0.3 is 0 Å². The van der Waals surface area contributed by atoms with Crippen molar-refractivity contribution >= 4 is 34.5 Å². The van der Waals surface area contributed by atoms with Gasteiger partial charge in [-0.3, -0.25) is 9.59 Å².